The van der Waals surface area contributed by atoms with Gasteiger partial charge in [0.1, 0.15) is 0 Å². The molecule has 2 N–H and O–H groups in total. The van der Waals surface area contributed by atoms with Crippen LogP contribution in [0.4, 0.5) is 5.69 Å². The van der Waals surface area contributed by atoms with Gasteiger partial charge in [0, 0.05) is 66.4 Å². The highest BCUT2D eigenvalue weighted by atomic mass is 35.5. The number of rotatable bonds is 12. The molecule has 1 aliphatic rings. The lowest BCUT2D eigenvalue weighted by molar-refractivity contribution is -0.133. The van der Waals surface area contributed by atoms with Crippen LogP contribution in [0.3, 0.4) is 0 Å². The molecule has 0 unspecified atom stereocenters. The van der Waals surface area contributed by atoms with Gasteiger partial charge in [-0.15, -0.1) is 11.3 Å². The first-order valence-corrected chi connectivity index (χ1v) is 15.8. The van der Waals surface area contributed by atoms with Gasteiger partial charge < -0.3 is 20.4 Å². The number of thiophene rings is 1. The fraction of sp³-hybridized carbons (Fsp3) is 0.303. The van der Waals surface area contributed by atoms with Crippen molar-refractivity contribution in [3.05, 3.63) is 122 Å². The summed E-state index contributed by atoms with van der Waals surface area (Å²) in [6.45, 7) is 5.33. The molecule has 1 saturated heterocycles. The third-order valence-corrected chi connectivity index (χ3v) is 9.02. The van der Waals surface area contributed by atoms with Crippen molar-refractivity contribution in [2.45, 2.75) is 32.0 Å². The second-order valence-electron chi connectivity index (χ2n) is 10.3. The van der Waals surface area contributed by atoms with Gasteiger partial charge in [0.15, 0.2) is 0 Å². The molecular formula is C33H36Cl2N4OS. The van der Waals surface area contributed by atoms with E-state index in [4.69, 9.17) is 23.2 Å². The van der Waals surface area contributed by atoms with E-state index in [0.717, 1.165) is 43.7 Å². The molecule has 0 radical (unpaired) electrons. The normalized spacial score (nSPS) is 14.3. The van der Waals surface area contributed by atoms with E-state index in [1.807, 2.05) is 35.2 Å². The molecule has 214 valence electrons. The molecule has 1 fully saturated rings. The molecule has 41 heavy (non-hydrogen) atoms. The van der Waals surface area contributed by atoms with Crippen molar-refractivity contribution in [2.24, 2.45) is 0 Å². The smallest absolute Gasteiger partial charge is 0.240 e. The molecule has 0 aliphatic carbocycles. The number of hydrogen-bond acceptors (Lipinski definition) is 5. The minimum atomic E-state index is -0.389. The Labute approximate surface area is 257 Å². The number of para-hydroxylation sites is 1. The van der Waals surface area contributed by atoms with E-state index in [-0.39, 0.29) is 11.9 Å². The minimum absolute atomic E-state index is 0.107. The first-order valence-electron chi connectivity index (χ1n) is 14.1. The molecule has 1 aromatic heterocycles. The average molecular weight is 608 g/mol. The summed E-state index contributed by atoms with van der Waals surface area (Å²) in [4.78, 5) is 19.7. The maximum Gasteiger partial charge on any atom is 0.240 e. The maximum absolute atomic E-state index is 13.9. The van der Waals surface area contributed by atoms with Crippen LogP contribution < -0.4 is 15.5 Å². The zero-order chi connectivity index (χ0) is 28.4. The zero-order valence-corrected chi connectivity index (χ0v) is 25.4. The standard InChI is InChI=1S/C33H36Cl2N4OS/c34-28-13-12-26(30(35)22-28)21-31(37-23-25-7-2-1-3-8-25)33(40)39-18-16-38(17-19-39)32-11-5-4-9-27(32)24-36-15-14-29-10-6-20-41-29/h1-13,20,22,31,36-37H,14-19,21,23-24H2/t31-/m1/s1. The first kappa shape index (κ1) is 29.6. The lowest BCUT2D eigenvalue weighted by Gasteiger charge is -2.38. The minimum Gasteiger partial charge on any atom is -0.368 e. The van der Waals surface area contributed by atoms with Gasteiger partial charge in [-0.2, -0.15) is 0 Å². The molecule has 4 aromatic rings. The third-order valence-electron chi connectivity index (χ3n) is 7.50. The molecule has 5 nitrogen and oxygen atoms in total. The number of anilines is 1. The number of nitrogens with one attached hydrogen (secondary N) is 2. The molecule has 1 atom stereocenters. The van der Waals surface area contributed by atoms with Crippen molar-refractivity contribution in [2.75, 3.05) is 37.6 Å². The summed E-state index contributed by atoms with van der Waals surface area (Å²) < 4.78 is 0. The predicted octanol–water partition coefficient (Wildman–Crippen LogP) is 6.44. The molecule has 2 heterocycles. The Morgan fingerprint density at radius 3 is 2.39 bits per heavy atom. The van der Waals surface area contributed by atoms with Crippen molar-refractivity contribution < 1.29 is 4.79 Å². The molecule has 5 rings (SSSR count). The van der Waals surface area contributed by atoms with Gasteiger partial charge in [-0.3, -0.25) is 4.79 Å². The van der Waals surface area contributed by atoms with E-state index >= 15 is 0 Å². The van der Waals surface area contributed by atoms with E-state index in [1.54, 1.807) is 17.4 Å². The van der Waals surface area contributed by atoms with Crippen LogP contribution in [0.25, 0.3) is 0 Å². The van der Waals surface area contributed by atoms with Crippen molar-refractivity contribution in [1.29, 1.82) is 0 Å². The highest BCUT2D eigenvalue weighted by Gasteiger charge is 2.28. The summed E-state index contributed by atoms with van der Waals surface area (Å²) >= 11 is 14.4. The Hall–Kier alpha value is -2.87. The van der Waals surface area contributed by atoms with Gasteiger partial charge in [0.05, 0.1) is 6.04 Å². The Balaban J connectivity index is 1.20. The fourth-order valence-corrected chi connectivity index (χ4v) is 6.43. The van der Waals surface area contributed by atoms with Gasteiger partial charge in [-0.1, -0.05) is 83.9 Å². The number of piperazine rings is 1. The number of halogens is 2. The molecule has 1 amide bonds. The molecule has 1 aliphatic heterocycles. The number of amides is 1. The van der Waals surface area contributed by atoms with Crippen LogP contribution >= 0.6 is 34.5 Å². The predicted molar refractivity (Wildman–Crippen MR) is 172 cm³/mol. The Morgan fingerprint density at radius 1 is 0.854 bits per heavy atom. The number of carbonyl (C=O) groups excluding carboxylic acids is 1. The van der Waals surface area contributed by atoms with Gasteiger partial charge in [0.25, 0.3) is 0 Å². The van der Waals surface area contributed by atoms with E-state index in [0.29, 0.717) is 36.1 Å². The van der Waals surface area contributed by atoms with Gasteiger partial charge in [-0.05, 0) is 59.2 Å². The van der Waals surface area contributed by atoms with E-state index in [1.165, 1.54) is 16.1 Å². The molecule has 0 bridgehead atoms. The Bertz CT molecular complexity index is 1390. The van der Waals surface area contributed by atoms with Crippen molar-refractivity contribution in [1.82, 2.24) is 15.5 Å². The lowest BCUT2D eigenvalue weighted by Crippen LogP contribution is -2.54. The van der Waals surface area contributed by atoms with Crippen molar-refractivity contribution >= 4 is 46.1 Å². The van der Waals surface area contributed by atoms with Gasteiger partial charge in [-0.25, -0.2) is 0 Å². The van der Waals surface area contributed by atoms with Crippen LogP contribution in [0.2, 0.25) is 10.0 Å². The van der Waals surface area contributed by atoms with Gasteiger partial charge >= 0.3 is 0 Å². The first-order chi connectivity index (χ1) is 20.1. The summed E-state index contributed by atoms with van der Waals surface area (Å²) in [6, 6.07) is 28.1. The Kier molecular flexibility index (Phi) is 10.7. The molecular weight excluding hydrogens is 571 g/mol. The van der Waals surface area contributed by atoms with E-state index in [9.17, 15) is 4.79 Å². The topological polar surface area (TPSA) is 47.6 Å². The highest BCUT2D eigenvalue weighted by molar-refractivity contribution is 7.09. The molecule has 3 aromatic carbocycles. The van der Waals surface area contributed by atoms with Gasteiger partial charge in [0.2, 0.25) is 5.91 Å². The number of carbonyl (C=O) groups is 1. The van der Waals surface area contributed by atoms with E-state index in [2.05, 4.69) is 69.4 Å². The largest absolute Gasteiger partial charge is 0.368 e. The average Bonchev–Trinajstić information content (AvgIpc) is 3.53. The van der Waals surface area contributed by atoms with Crippen LogP contribution in [0.5, 0.6) is 0 Å². The SMILES string of the molecule is O=C([C@@H](Cc1ccc(Cl)cc1Cl)NCc1ccccc1)N1CCN(c2ccccc2CNCCc2cccs2)CC1. The Morgan fingerprint density at radius 2 is 1.63 bits per heavy atom. The summed E-state index contributed by atoms with van der Waals surface area (Å²) in [5.41, 5.74) is 4.58. The zero-order valence-electron chi connectivity index (χ0n) is 23.1. The summed E-state index contributed by atoms with van der Waals surface area (Å²) in [5, 5.41) is 10.4. The van der Waals surface area contributed by atoms with Crippen molar-refractivity contribution in [3.63, 3.8) is 0 Å². The van der Waals surface area contributed by atoms with Crippen LogP contribution in [0.15, 0.2) is 90.3 Å². The van der Waals surface area contributed by atoms with E-state index < -0.39 is 0 Å². The van der Waals surface area contributed by atoms with Crippen LogP contribution in [-0.4, -0.2) is 49.6 Å². The second-order valence-corrected chi connectivity index (χ2v) is 12.2. The maximum atomic E-state index is 13.9. The van der Waals surface area contributed by atoms with Crippen LogP contribution in [0.1, 0.15) is 21.6 Å². The summed E-state index contributed by atoms with van der Waals surface area (Å²) in [6.07, 6.45) is 1.54. The summed E-state index contributed by atoms with van der Waals surface area (Å²) in [5.74, 6) is 0.107. The molecule has 8 heteroatoms. The lowest BCUT2D eigenvalue weighted by atomic mass is 10.0. The monoisotopic (exact) mass is 606 g/mol. The molecule has 0 spiro atoms. The quantitative estimate of drug-likeness (QED) is 0.182. The number of benzene rings is 3. The highest BCUT2D eigenvalue weighted by Crippen LogP contribution is 2.25. The molecule has 0 saturated carbocycles. The fourth-order valence-electron chi connectivity index (χ4n) is 5.24. The second kappa shape index (κ2) is 14.9. The third kappa shape index (κ3) is 8.34. The van der Waals surface area contributed by atoms with Crippen LogP contribution in [-0.2, 0) is 30.7 Å². The number of nitrogens with zero attached hydrogens (tertiary/aromatic N) is 2. The number of hydrogen-bond donors (Lipinski definition) is 2. The van der Waals surface area contributed by atoms with Crippen LogP contribution in [0, 0.1) is 0 Å². The summed E-state index contributed by atoms with van der Waals surface area (Å²) in [7, 11) is 0. The van der Waals surface area contributed by atoms with Crippen molar-refractivity contribution in [3.8, 4) is 0 Å².